The van der Waals surface area contributed by atoms with Crippen LogP contribution in [-0.2, 0) is 14.3 Å². The molecule has 2 saturated heterocycles. The number of hydrogen-bond acceptors (Lipinski definition) is 6. The Morgan fingerprint density at radius 2 is 2.40 bits per heavy atom. The number of nitrogens with zero attached hydrogens (tertiary/aromatic N) is 4. The van der Waals surface area contributed by atoms with E-state index < -0.39 is 6.29 Å². The van der Waals surface area contributed by atoms with E-state index in [0.717, 1.165) is 0 Å². The molecule has 0 radical (unpaired) electrons. The number of ether oxygens (including phenoxy) is 2. The van der Waals surface area contributed by atoms with Crippen LogP contribution in [0, 0.1) is 6.92 Å². The number of rotatable bonds is 1. The van der Waals surface area contributed by atoms with Crippen LogP contribution < -0.4 is 0 Å². The molecule has 0 N–H and O–H groups in total. The van der Waals surface area contributed by atoms with Crippen LogP contribution in [0.15, 0.2) is 0 Å². The average molecular weight is 210 g/mol. The van der Waals surface area contributed by atoms with Crippen LogP contribution in [0.25, 0.3) is 0 Å². The molecule has 2 bridgehead atoms. The number of tetrazole rings is 1. The van der Waals surface area contributed by atoms with Crippen LogP contribution in [0.3, 0.4) is 0 Å². The topological polar surface area (TPSA) is 79.1 Å². The van der Waals surface area contributed by atoms with E-state index in [2.05, 4.69) is 15.5 Å². The number of carbonyl (C=O) groups is 1. The fourth-order valence-corrected chi connectivity index (χ4v) is 2.01. The predicted octanol–water partition coefficient (Wildman–Crippen LogP) is -0.763. The summed E-state index contributed by atoms with van der Waals surface area (Å²) in [5, 5.41) is 11.2. The van der Waals surface area contributed by atoms with E-state index in [9.17, 15) is 4.79 Å². The van der Waals surface area contributed by atoms with Crippen molar-refractivity contribution in [2.75, 3.05) is 6.61 Å². The Morgan fingerprint density at radius 1 is 1.53 bits per heavy atom. The van der Waals surface area contributed by atoms with Gasteiger partial charge in [0.1, 0.15) is 11.9 Å². The average Bonchev–Trinajstić information content (AvgIpc) is 2.80. The molecule has 2 aliphatic heterocycles. The Morgan fingerprint density at radius 3 is 3.13 bits per heavy atom. The highest BCUT2D eigenvalue weighted by Gasteiger charge is 2.44. The predicted molar refractivity (Wildman–Crippen MR) is 45.8 cm³/mol. The SMILES string of the molecule is Cc1nnnn1[C@H]1CC(=O)[C@@H]2OC[C@H]1O2. The standard InChI is InChI=1S/C8H10N4O3/c1-4-9-10-11-12(4)5-2-6(13)8-14-3-7(5)15-8/h5,7-8H,2-3H2,1H3/t5-,7+,8+/m0/s1. The molecular weight excluding hydrogens is 200 g/mol. The smallest absolute Gasteiger partial charge is 0.218 e. The van der Waals surface area contributed by atoms with Crippen LogP contribution in [0.5, 0.6) is 0 Å². The highest BCUT2D eigenvalue weighted by atomic mass is 16.7. The van der Waals surface area contributed by atoms with E-state index in [-0.39, 0.29) is 17.9 Å². The van der Waals surface area contributed by atoms with Crippen molar-refractivity contribution in [2.24, 2.45) is 0 Å². The zero-order chi connectivity index (χ0) is 10.4. The molecule has 0 saturated carbocycles. The lowest BCUT2D eigenvalue weighted by Gasteiger charge is -2.26. The number of ketones is 1. The number of Topliss-reactive ketones (excluding diaryl/α,β-unsaturated/α-hetero) is 1. The van der Waals surface area contributed by atoms with Crippen molar-refractivity contribution < 1.29 is 14.3 Å². The van der Waals surface area contributed by atoms with E-state index >= 15 is 0 Å². The molecule has 3 heterocycles. The Kier molecular flexibility index (Phi) is 1.83. The summed E-state index contributed by atoms with van der Waals surface area (Å²) in [6.07, 6.45) is -0.403. The first-order chi connectivity index (χ1) is 7.25. The highest BCUT2D eigenvalue weighted by Crippen LogP contribution is 2.32. The summed E-state index contributed by atoms with van der Waals surface area (Å²) in [6, 6.07) is -0.133. The Balaban J connectivity index is 1.93. The van der Waals surface area contributed by atoms with Gasteiger partial charge in [-0.3, -0.25) is 4.79 Å². The lowest BCUT2D eigenvalue weighted by atomic mass is 10.0. The summed E-state index contributed by atoms with van der Waals surface area (Å²) in [4.78, 5) is 11.5. The number of hydrogen-bond donors (Lipinski definition) is 0. The van der Waals surface area contributed by atoms with Gasteiger partial charge in [0.2, 0.25) is 6.29 Å². The molecular formula is C8H10N4O3. The molecule has 80 valence electrons. The molecule has 7 nitrogen and oxygen atoms in total. The maximum atomic E-state index is 11.5. The van der Waals surface area contributed by atoms with E-state index in [0.29, 0.717) is 18.9 Å². The van der Waals surface area contributed by atoms with E-state index in [1.165, 1.54) is 0 Å². The third-order valence-corrected chi connectivity index (χ3v) is 2.78. The number of aryl methyl sites for hydroxylation is 1. The van der Waals surface area contributed by atoms with Gasteiger partial charge in [-0.25, -0.2) is 4.68 Å². The van der Waals surface area contributed by atoms with Gasteiger partial charge in [-0.1, -0.05) is 0 Å². The molecule has 0 aliphatic carbocycles. The zero-order valence-electron chi connectivity index (χ0n) is 8.16. The molecule has 3 rings (SSSR count). The molecule has 15 heavy (non-hydrogen) atoms. The van der Waals surface area contributed by atoms with Crippen LogP contribution in [0.1, 0.15) is 18.3 Å². The van der Waals surface area contributed by atoms with Gasteiger partial charge in [-0.2, -0.15) is 0 Å². The largest absolute Gasteiger partial charge is 0.343 e. The van der Waals surface area contributed by atoms with Crippen molar-refractivity contribution in [2.45, 2.75) is 31.8 Å². The first-order valence-electron chi connectivity index (χ1n) is 4.80. The first kappa shape index (κ1) is 8.93. The second kappa shape index (κ2) is 3.07. The third-order valence-electron chi connectivity index (χ3n) is 2.78. The Bertz CT molecular complexity index is 404. The summed E-state index contributed by atoms with van der Waals surface area (Å²) in [5.74, 6) is 0.644. The van der Waals surface area contributed by atoms with Crippen molar-refractivity contribution in [3.63, 3.8) is 0 Å². The minimum absolute atomic E-state index is 0.0383. The second-order valence-corrected chi connectivity index (χ2v) is 3.75. The molecule has 1 aromatic heterocycles. The number of fused-ring (bicyclic) bond motifs is 2. The van der Waals surface area contributed by atoms with Crippen molar-refractivity contribution in [3.05, 3.63) is 5.82 Å². The van der Waals surface area contributed by atoms with Crippen molar-refractivity contribution in [1.29, 1.82) is 0 Å². The molecule has 7 heteroatoms. The van der Waals surface area contributed by atoms with E-state index in [4.69, 9.17) is 9.47 Å². The minimum Gasteiger partial charge on any atom is -0.343 e. The molecule has 0 unspecified atom stereocenters. The van der Waals surface area contributed by atoms with Crippen molar-refractivity contribution >= 4 is 5.78 Å². The normalized spacial score (nSPS) is 34.7. The maximum Gasteiger partial charge on any atom is 0.218 e. The summed E-state index contributed by atoms with van der Waals surface area (Å²) < 4.78 is 12.2. The van der Waals surface area contributed by atoms with Gasteiger partial charge in [0.25, 0.3) is 0 Å². The van der Waals surface area contributed by atoms with Gasteiger partial charge in [-0.15, -0.1) is 5.10 Å². The first-order valence-corrected chi connectivity index (χ1v) is 4.80. The third kappa shape index (κ3) is 1.27. The molecule has 2 fully saturated rings. The fraction of sp³-hybridized carbons (Fsp3) is 0.750. The zero-order valence-corrected chi connectivity index (χ0v) is 8.16. The molecule has 0 aromatic carbocycles. The van der Waals surface area contributed by atoms with E-state index in [1.54, 1.807) is 11.6 Å². The quantitative estimate of drug-likeness (QED) is 0.606. The summed E-state index contributed by atoms with van der Waals surface area (Å²) >= 11 is 0. The molecule has 0 amide bonds. The molecule has 1 aromatic rings. The summed E-state index contributed by atoms with van der Waals surface area (Å²) in [6.45, 7) is 2.23. The molecule has 3 atom stereocenters. The number of carbonyl (C=O) groups excluding carboxylic acids is 1. The Labute approximate surface area is 85.3 Å². The monoisotopic (exact) mass is 210 g/mol. The van der Waals surface area contributed by atoms with Gasteiger partial charge < -0.3 is 9.47 Å². The summed E-state index contributed by atoms with van der Waals surface area (Å²) in [7, 11) is 0. The van der Waals surface area contributed by atoms with Crippen LogP contribution in [0.4, 0.5) is 0 Å². The maximum absolute atomic E-state index is 11.5. The lowest BCUT2D eigenvalue weighted by molar-refractivity contribution is -0.156. The Hall–Kier alpha value is -1.34. The molecule has 0 spiro atoms. The van der Waals surface area contributed by atoms with E-state index in [1.807, 2.05) is 0 Å². The second-order valence-electron chi connectivity index (χ2n) is 3.75. The highest BCUT2D eigenvalue weighted by molar-refractivity contribution is 5.83. The van der Waals surface area contributed by atoms with Gasteiger partial charge >= 0.3 is 0 Å². The van der Waals surface area contributed by atoms with Crippen molar-refractivity contribution in [1.82, 2.24) is 20.2 Å². The summed E-state index contributed by atoms with van der Waals surface area (Å²) in [5.41, 5.74) is 0. The molecule has 2 aliphatic rings. The van der Waals surface area contributed by atoms with Gasteiger partial charge in [0, 0.05) is 6.42 Å². The van der Waals surface area contributed by atoms with Crippen LogP contribution in [0.2, 0.25) is 0 Å². The van der Waals surface area contributed by atoms with Crippen molar-refractivity contribution in [3.8, 4) is 0 Å². The van der Waals surface area contributed by atoms with Gasteiger partial charge in [0.15, 0.2) is 5.78 Å². The fourth-order valence-electron chi connectivity index (χ4n) is 2.01. The van der Waals surface area contributed by atoms with Crippen LogP contribution in [-0.4, -0.2) is 45.0 Å². The number of aromatic nitrogens is 4. The van der Waals surface area contributed by atoms with Gasteiger partial charge in [-0.05, 0) is 17.4 Å². The minimum atomic E-state index is -0.664. The lowest BCUT2D eigenvalue weighted by Crippen LogP contribution is -2.37. The van der Waals surface area contributed by atoms with Gasteiger partial charge in [0.05, 0.1) is 12.6 Å². The van der Waals surface area contributed by atoms with Crippen LogP contribution >= 0.6 is 0 Å².